The quantitative estimate of drug-likeness (QED) is 0.337. The molecule has 16 heavy (non-hydrogen) atoms. The molecule has 0 aliphatic carbocycles. The van der Waals surface area contributed by atoms with Gasteiger partial charge in [0.15, 0.2) is 0 Å². The van der Waals surface area contributed by atoms with Crippen molar-refractivity contribution < 1.29 is 42.9 Å². The van der Waals surface area contributed by atoms with E-state index in [1.165, 1.54) is 13.8 Å². The number of halogens is 1. The molecule has 0 spiro atoms. The normalized spacial score (nSPS) is 8.44. The summed E-state index contributed by atoms with van der Waals surface area (Å²) in [5.41, 5.74) is 0. The number of carbonyl (C=O) groups excluding carboxylic acids is 2. The van der Waals surface area contributed by atoms with Crippen molar-refractivity contribution in [3.05, 3.63) is 30.3 Å². The summed E-state index contributed by atoms with van der Waals surface area (Å²) in [4.78, 5) is 20.0. The van der Waals surface area contributed by atoms with Crippen LogP contribution in [0.1, 0.15) is 13.8 Å². The van der Waals surface area contributed by atoms with Gasteiger partial charge in [0.05, 0.1) is 0 Å². The molecule has 88 valence electrons. The first-order valence-corrected chi connectivity index (χ1v) is 6.00. The molecule has 0 aliphatic rings. The van der Waals surface area contributed by atoms with Gasteiger partial charge in [-0.2, -0.15) is 0 Å². The molecule has 6 heteroatoms. The average Bonchev–Trinajstić information content (AvgIpc) is 2.18. The molecule has 0 bridgehead atoms. The third kappa shape index (κ3) is 9.41. The van der Waals surface area contributed by atoms with Gasteiger partial charge in [0.1, 0.15) is 5.75 Å². The van der Waals surface area contributed by atoms with Crippen molar-refractivity contribution in [2.24, 2.45) is 0 Å². The van der Waals surface area contributed by atoms with Gasteiger partial charge < -0.3 is 8.17 Å². The Morgan fingerprint density at radius 3 is 2.00 bits per heavy atom. The summed E-state index contributed by atoms with van der Waals surface area (Å²) in [6.45, 7) is 2.60. The van der Waals surface area contributed by atoms with Crippen molar-refractivity contribution in [3.8, 4) is 5.75 Å². The van der Waals surface area contributed by atoms with Crippen LogP contribution >= 0.6 is 0 Å². The van der Waals surface area contributed by atoms with Crippen LogP contribution in [0.25, 0.3) is 0 Å². The zero-order valence-corrected chi connectivity index (χ0v) is 11.0. The summed E-state index contributed by atoms with van der Waals surface area (Å²) in [6.07, 6.45) is 0. The maximum absolute atomic E-state index is 10.4. The van der Waals surface area contributed by atoms with Crippen molar-refractivity contribution in [2.75, 3.05) is 0 Å². The fraction of sp³-hybridized carbons (Fsp3) is 0.200. The lowest BCUT2D eigenvalue weighted by Gasteiger charge is -1.97. The van der Waals surface area contributed by atoms with Gasteiger partial charge in [-0.15, -0.1) is 0 Å². The molecule has 0 amide bonds. The highest BCUT2D eigenvalue weighted by molar-refractivity contribution is 5.69. The Labute approximate surface area is 105 Å². The molecule has 0 aliphatic heterocycles. The average molecular weight is 338 g/mol. The van der Waals surface area contributed by atoms with Gasteiger partial charge >= 0.3 is 34.0 Å². The number of carbonyl (C=O) groups is 2. The monoisotopic (exact) mass is 338 g/mol. The Kier molecular flexibility index (Phi) is 8.45. The number of para-hydroxylation sites is 1. The highest BCUT2D eigenvalue weighted by Gasteiger charge is 1.95. The van der Waals surface area contributed by atoms with Crippen molar-refractivity contribution in [1.82, 2.24) is 0 Å². The van der Waals surface area contributed by atoms with Crippen LogP contribution in [0.3, 0.4) is 0 Å². The molecule has 0 saturated carbocycles. The van der Waals surface area contributed by atoms with Crippen molar-refractivity contribution in [1.29, 1.82) is 0 Å². The molecule has 1 aromatic rings. The van der Waals surface area contributed by atoms with E-state index in [0.29, 0.717) is 5.75 Å². The minimum atomic E-state index is -1.53. The predicted molar refractivity (Wildman–Crippen MR) is 49.5 cm³/mol. The zero-order valence-electron chi connectivity index (χ0n) is 8.81. The first-order chi connectivity index (χ1) is 7.56. The third-order valence-corrected chi connectivity index (χ3v) is 1.94. The Bertz CT molecular complexity index is 325. The van der Waals surface area contributed by atoms with Crippen LogP contribution < -0.4 is 30.2 Å². The van der Waals surface area contributed by atoms with Gasteiger partial charge in [-0.25, -0.2) is 7.86 Å². The van der Waals surface area contributed by atoms with Crippen LogP contribution in [0.5, 0.6) is 5.75 Å². The molecule has 0 saturated heterocycles. The smallest absolute Gasteiger partial charge is 0.517 e. The van der Waals surface area contributed by atoms with Gasteiger partial charge in [-0.3, -0.25) is 4.79 Å². The van der Waals surface area contributed by atoms with Gasteiger partial charge in [0.25, 0.3) is 0 Å². The summed E-state index contributed by atoms with van der Waals surface area (Å²) in [5.74, 6) is -0.168. The summed E-state index contributed by atoms with van der Waals surface area (Å²) in [6, 6.07) is 8.98. The van der Waals surface area contributed by atoms with Gasteiger partial charge in [-0.1, -0.05) is 18.2 Å². The largest absolute Gasteiger partial charge is 0.558 e. The van der Waals surface area contributed by atoms with E-state index in [9.17, 15) is 13.0 Å². The maximum atomic E-state index is 10.4. The lowest BCUT2D eigenvalue weighted by molar-refractivity contribution is -1.26. The van der Waals surface area contributed by atoms with Crippen LogP contribution in [0, 0.1) is 0 Å². The van der Waals surface area contributed by atoms with Crippen molar-refractivity contribution >= 4 is 11.9 Å². The highest BCUT2D eigenvalue weighted by Crippen LogP contribution is 2.07. The minimum Gasteiger partial charge on any atom is -0.558 e. The van der Waals surface area contributed by atoms with E-state index in [2.05, 4.69) is 3.07 Å². The minimum absolute atomic E-state index is 0.286. The van der Waals surface area contributed by atoms with Crippen LogP contribution in [0.15, 0.2) is 30.3 Å². The van der Waals surface area contributed by atoms with E-state index in [-0.39, 0.29) is 5.97 Å². The van der Waals surface area contributed by atoms with E-state index in [4.69, 9.17) is 4.74 Å². The van der Waals surface area contributed by atoms with Crippen LogP contribution in [-0.2, 0) is 12.7 Å². The molecule has 0 aromatic heterocycles. The summed E-state index contributed by atoms with van der Waals surface area (Å²) in [7, 11) is 0. The van der Waals surface area contributed by atoms with Crippen LogP contribution in [0.2, 0.25) is 0 Å². The van der Waals surface area contributed by atoms with Crippen molar-refractivity contribution in [2.45, 2.75) is 13.8 Å². The Hall–Kier alpha value is -1.15. The second-order valence-corrected chi connectivity index (χ2v) is 3.34. The second-order valence-electron chi connectivity index (χ2n) is 2.54. The molecular weight excluding hydrogens is 327 g/mol. The molecule has 5 nitrogen and oxygen atoms in total. The van der Waals surface area contributed by atoms with Gasteiger partial charge in [0.2, 0.25) is 0 Å². The molecule has 0 heterocycles. The predicted octanol–water partition coefficient (Wildman–Crippen LogP) is -2.56. The lowest BCUT2D eigenvalue weighted by atomic mass is 10.3. The summed E-state index contributed by atoms with van der Waals surface area (Å²) in [5, 5.41) is 0. The van der Waals surface area contributed by atoms with Gasteiger partial charge in [0, 0.05) is 13.8 Å². The summed E-state index contributed by atoms with van der Waals surface area (Å²) < 4.78 is 18.1. The van der Waals surface area contributed by atoms with E-state index in [0.717, 1.165) is 0 Å². The number of esters is 1. The van der Waals surface area contributed by atoms with Crippen LogP contribution in [0.4, 0.5) is 0 Å². The molecule has 1 aromatic carbocycles. The molecule has 1 rings (SSSR count). The zero-order chi connectivity index (χ0) is 12.4. The fourth-order valence-corrected chi connectivity index (χ4v) is 0.952. The molecule has 0 unspecified atom stereocenters. The second kappa shape index (κ2) is 9.10. The van der Waals surface area contributed by atoms with E-state index < -0.39 is 28.0 Å². The molecular formula is C10H11IO5. The third-order valence-electron chi connectivity index (χ3n) is 1.14. The van der Waals surface area contributed by atoms with E-state index in [1.54, 1.807) is 12.1 Å². The Morgan fingerprint density at radius 2 is 1.69 bits per heavy atom. The maximum Gasteiger partial charge on any atom is 0.517 e. The molecule has 0 atom stereocenters. The van der Waals surface area contributed by atoms with Gasteiger partial charge in [-0.05, 0) is 12.1 Å². The lowest BCUT2D eigenvalue weighted by Crippen LogP contribution is -3.70. The van der Waals surface area contributed by atoms with Crippen molar-refractivity contribution in [3.63, 3.8) is 0 Å². The first kappa shape index (κ1) is 14.8. The van der Waals surface area contributed by atoms with Crippen LogP contribution in [-0.4, -0.2) is 11.9 Å². The molecule has 0 fully saturated rings. The number of ether oxygens (including phenoxy) is 1. The summed E-state index contributed by atoms with van der Waals surface area (Å²) >= 11 is -1.53. The van der Waals surface area contributed by atoms with E-state index >= 15 is 0 Å². The molecule has 0 N–H and O–H groups in total. The topological polar surface area (TPSA) is 75.7 Å². The standard InChI is InChI=1S/C8H8O2.C2H3IO3/c1-7(9)10-8-5-3-2-4-6-8;1-2(4)6-3-5/h2-6H,1H3;1H3. The number of benzene rings is 1. The number of hydrogen-bond donors (Lipinski definition) is 0. The number of hydrogen-bond acceptors (Lipinski definition) is 5. The highest BCUT2D eigenvalue weighted by atomic mass is 127. The van der Waals surface area contributed by atoms with E-state index in [1.807, 2.05) is 18.2 Å². The fourth-order valence-electron chi connectivity index (χ4n) is 0.699. The Morgan fingerprint density at radius 1 is 1.12 bits per heavy atom. The number of rotatable bonds is 2. The SMILES string of the molecule is CC(=O)O[I+][O-].CC(=O)Oc1ccccc1. The Balaban J connectivity index is 0.000000325. The molecule has 0 radical (unpaired) electrons. The first-order valence-electron chi connectivity index (χ1n) is 4.24.